The first-order valence-corrected chi connectivity index (χ1v) is 5.38. The van der Waals surface area contributed by atoms with Crippen LogP contribution in [0.5, 0.6) is 0 Å². The molecule has 0 fully saturated rings. The first kappa shape index (κ1) is 9.86. The van der Waals surface area contributed by atoms with E-state index < -0.39 is 0 Å². The van der Waals surface area contributed by atoms with Crippen LogP contribution in [0.3, 0.4) is 0 Å². The standard InChI is InChI=1S/C14H15N/c1-2-12-7-6-10-14(11-12)15-13-8-4-3-5-9-13/h1,4,6-8,10-11,13,15H,3,5,9H2. The van der Waals surface area contributed by atoms with Gasteiger partial charge in [0.25, 0.3) is 0 Å². The van der Waals surface area contributed by atoms with Gasteiger partial charge in [-0.25, -0.2) is 0 Å². The minimum absolute atomic E-state index is 0.465. The van der Waals surface area contributed by atoms with Gasteiger partial charge in [-0.05, 0) is 37.5 Å². The van der Waals surface area contributed by atoms with Crippen molar-refractivity contribution in [2.24, 2.45) is 0 Å². The molecule has 1 aliphatic rings. The summed E-state index contributed by atoms with van der Waals surface area (Å²) in [6.07, 6.45) is 13.5. The van der Waals surface area contributed by atoms with Gasteiger partial charge in [0.2, 0.25) is 0 Å². The van der Waals surface area contributed by atoms with E-state index >= 15 is 0 Å². The molecular weight excluding hydrogens is 182 g/mol. The van der Waals surface area contributed by atoms with Gasteiger partial charge in [0, 0.05) is 17.3 Å². The number of benzene rings is 1. The summed E-state index contributed by atoms with van der Waals surface area (Å²) >= 11 is 0. The lowest BCUT2D eigenvalue weighted by Gasteiger charge is -2.19. The molecule has 76 valence electrons. The number of anilines is 1. The Kier molecular flexibility index (Phi) is 3.09. The molecule has 1 atom stereocenters. The van der Waals surface area contributed by atoms with Gasteiger partial charge in [-0.2, -0.15) is 0 Å². The maximum atomic E-state index is 5.36. The molecule has 0 radical (unpaired) electrons. The average Bonchev–Trinajstić information content (AvgIpc) is 2.31. The molecule has 0 amide bonds. The van der Waals surface area contributed by atoms with E-state index in [1.807, 2.05) is 18.2 Å². The average molecular weight is 197 g/mol. The third kappa shape index (κ3) is 2.63. The summed E-state index contributed by atoms with van der Waals surface area (Å²) in [6.45, 7) is 0. The van der Waals surface area contributed by atoms with E-state index in [1.165, 1.54) is 19.3 Å². The number of rotatable bonds is 2. The van der Waals surface area contributed by atoms with E-state index in [0.717, 1.165) is 11.3 Å². The van der Waals surface area contributed by atoms with Crippen molar-refractivity contribution in [3.05, 3.63) is 42.0 Å². The maximum Gasteiger partial charge on any atom is 0.0444 e. The molecule has 0 spiro atoms. The predicted octanol–water partition coefficient (Wildman–Crippen LogP) is 3.19. The summed E-state index contributed by atoms with van der Waals surface area (Å²) in [7, 11) is 0. The fourth-order valence-electron chi connectivity index (χ4n) is 1.85. The molecule has 1 heteroatoms. The summed E-state index contributed by atoms with van der Waals surface area (Å²) in [5.41, 5.74) is 2.04. The third-order valence-corrected chi connectivity index (χ3v) is 2.64. The fraction of sp³-hybridized carbons (Fsp3) is 0.286. The number of terminal acetylenes is 1. The summed E-state index contributed by atoms with van der Waals surface area (Å²) in [5.74, 6) is 2.65. The van der Waals surface area contributed by atoms with Crippen LogP contribution in [0, 0.1) is 12.3 Å². The topological polar surface area (TPSA) is 12.0 Å². The third-order valence-electron chi connectivity index (χ3n) is 2.64. The molecule has 0 bridgehead atoms. The van der Waals surface area contributed by atoms with Crippen LogP contribution in [0.15, 0.2) is 36.4 Å². The molecule has 1 aliphatic carbocycles. The molecule has 1 unspecified atom stereocenters. The summed E-state index contributed by atoms with van der Waals surface area (Å²) < 4.78 is 0. The van der Waals surface area contributed by atoms with E-state index in [0.29, 0.717) is 6.04 Å². The summed E-state index contributed by atoms with van der Waals surface area (Å²) in [4.78, 5) is 0. The van der Waals surface area contributed by atoms with Gasteiger partial charge in [0.15, 0.2) is 0 Å². The zero-order chi connectivity index (χ0) is 10.5. The second-order valence-corrected chi connectivity index (χ2v) is 3.84. The molecule has 2 rings (SSSR count). The summed E-state index contributed by atoms with van der Waals surface area (Å²) in [6, 6.07) is 8.48. The Morgan fingerprint density at radius 1 is 1.40 bits per heavy atom. The fourth-order valence-corrected chi connectivity index (χ4v) is 1.85. The van der Waals surface area contributed by atoms with Gasteiger partial charge in [0.05, 0.1) is 0 Å². The van der Waals surface area contributed by atoms with Crippen molar-refractivity contribution in [1.29, 1.82) is 0 Å². The Morgan fingerprint density at radius 3 is 3.07 bits per heavy atom. The molecule has 1 N–H and O–H groups in total. The van der Waals surface area contributed by atoms with E-state index in [4.69, 9.17) is 6.42 Å². The van der Waals surface area contributed by atoms with Gasteiger partial charge in [-0.3, -0.25) is 0 Å². The number of allylic oxidation sites excluding steroid dienone is 1. The highest BCUT2D eigenvalue weighted by Gasteiger charge is 2.07. The monoisotopic (exact) mass is 197 g/mol. The predicted molar refractivity (Wildman–Crippen MR) is 64.8 cm³/mol. The minimum Gasteiger partial charge on any atom is -0.379 e. The maximum absolute atomic E-state index is 5.36. The molecule has 0 aromatic heterocycles. The smallest absolute Gasteiger partial charge is 0.0444 e. The van der Waals surface area contributed by atoms with Crippen LogP contribution >= 0.6 is 0 Å². The number of hydrogen-bond acceptors (Lipinski definition) is 1. The van der Waals surface area contributed by atoms with Crippen molar-refractivity contribution in [3.8, 4) is 12.3 Å². The largest absolute Gasteiger partial charge is 0.379 e. The van der Waals surface area contributed by atoms with Crippen molar-refractivity contribution in [2.75, 3.05) is 5.32 Å². The molecule has 15 heavy (non-hydrogen) atoms. The van der Waals surface area contributed by atoms with Crippen molar-refractivity contribution < 1.29 is 0 Å². The Labute approximate surface area is 91.2 Å². The van der Waals surface area contributed by atoms with Gasteiger partial charge in [-0.1, -0.05) is 24.1 Å². The van der Waals surface area contributed by atoms with Gasteiger partial charge in [-0.15, -0.1) is 6.42 Å². The van der Waals surface area contributed by atoms with E-state index in [2.05, 4.69) is 29.5 Å². The van der Waals surface area contributed by atoms with Crippen LogP contribution in [0.2, 0.25) is 0 Å². The van der Waals surface area contributed by atoms with Crippen LogP contribution in [0.4, 0.5) is 5.69 Å². The molecule has 1 aromatic rings. The van der Waals surface area contributed by atoms with Crippen LogP contribution in [-0.4, -0.2) is 6.04 Å². The molecule has 1 aromatic carbocycles. The van der Waals surface area contributed by atoms with Crippen molar-refractivity contribution in [2.45, 2.75) is 25.3 Å². The van der Waals surface area contributed by atoms with Crippen LogP contribution < -0.4 is 5.32 Å². The zero-order valence-electron chi connectivity index (χ0n) is 8.74. The van der Waals surface area contributed by atoms with Crippen molar-refractivity contribution in [1.82, 2.24) is 0 Å². The molecule has 1 nitrogen and oxygen atoms in total. The first-order chi connectivity index (χ1) is 7.38. The van der Waals surface area contributed by atoms with Crippen LogP contribution in [-0.2, 0) is 0 Å². The normalized spacial score (nSPS) is 19.5. The molecular formula is C14H15N. The highest BCUT2D eigenvalue weighted by atomic mass is 14.9. The summed E-state index contributed by atoms with van der Waals surface area (Å²) in [5, 5.41) is 3.47. The van der Waals surface area contributed by atoms with E-state index in [-0.39, 0.29) is 0 Å². The van der Waals surface area contributed by atoms with Crippen LogP contribution in [0.25, 0.3) is 0 Å². The van der Waals surface area contributed by atoms with Crippen molar-refractivity contribution >= 4 is 5.69 Å². The molecule has 0 saturated heterocycles. The van der Waals surface area contributed by atoms with Gasteiger partial charge < -0.3 is 5.32 Å². The number of hydrogen-bond donors (Lipinski definition) is 1. The SMILES string of the molecule is C#Cc1cccc(NC2C=CCCC2)c1. The first-order valence-electron chi connectivity index (χ1n) is 5.38. The molecule has 0 aliphatic heterocycles. The Hall–Kier alpha value is -1.68. The lowest BCUT2D eigenvalue weighted by molar-refractivity contribution is 0.674. The van der Waals surface area contributed by atoms with Gasteiger partial charge >= 0.3 is 0 Å². The zero-order valence-corrected chi connectivity index (χ0v) is 8.74. The number of nitrogens with one attached hydrogen (secondary N) is 1. The van der Waals surface area contributed by atoms with Crippen molar-refractivity contribution in [3.63, 3.8) is 0 Å². The Balaban J connectivity index is 2.07. The lowest BCUT2D eigenvalue weighted by Crippen LogP contribution is -2.18. The quantitative estimate of drug-likeness (QED) is 0.567. The van der Waals surface area contributed by atoms with Gasteiger partial charge in [0.1, 0.15) is 0 Å². The minimum atomic E-state index is 0.465. The molecule has 0 saturated carbocycles. The highest BCUT2D eigenvalue weighted by molar-refractivity contribution is 5.51. The lowest BCUT2D eigenvalue weighted by atomic mass is 10.0. The highest BCUT2D eigenvalue weighted by Crippen LogP contribution is 2.17. The Bertz CT molecular complexity index is 398. The second kappa shape index (κ2) is 4.70. The van der Waals surface area contributed by atoms with Crippen LogP contribution in [0.1, 0.15) is 24.8 Å². The second-order valence-electron chi connectivity index (χ2n) is 3.84. The Morgan fingerprint density at radius 2 is 2.33 bits per heavy atom. The molecule has 0 heterocycles. The van der Waals surface area contributed by atoms with E-state index in [9.17, 15) is 0 Å². The van der Waals surface area contributed by atoms with E-state index in [1.54, 1.807) is 0 Å².